The van der Waals surface area contributed by atoms with E-state index in [-0.39, 0.29) is 6.61 Å². The molecule has 0 aromatic heterocycles. The van der Waals surface area contributed by atoms with Crippen LogP contribution in [0, 0.1) is 11.3 Å². The Labute approximate surface area is 174 Å². The molecular formula is C25H19NO4. The fourth-order valence-electron chi connectivity index (χ4n) is 3.57. The molecule has 5 heteroatoms. The smallest absolute Gasteiger partial charge is 0.331 e. The van der Waals surface area contributed by atoms with Gasteiger partial charge in [0.1, 0.15) is 6.07 Å². The number of benzene rings is 3. The Hall–Kier alpha value is -4.04. The van der Waals surface area contributed by atoms with Crippen LogP contribution in [0.3, 0.4) is 0 Å². The maximum absolute atomic E-state index is 12.6. The van der Waals surface area contributed by atoms with Gasteiger partial charge in [-0.1, -0.05) is 54.6 Å². The number of ether oxygens (including phenoxy) is 3. The molecule has 0 radical (unpaired) electrons. The van der Waals surface area contributed by atoms with Crippen molar-refractivity contribution in [3.05, 3.63) is 89.5 Å². The van der Waals surface area contributed by atoms with E-state index in [1.54, 1.807) is 24.3 Å². The van der Waals surface area contributed by atoms with Gasteiger partial charge in [-0.3, -0.25) is 0 Å². The molecule has 0 saturated carbocycles. The van der Waals surface area contributed by atoms with Crippen LogP contribution in [0.1, 0.15) is 22.8 Å². The maximum atomic E-state index is 12.6. The summed E-state index contributed by atoms with van der Waals surface area (Å²) in [5, 5.41) is 8.65. The van der Waals surface area contributed by atoms with Gasteiger partial charge in [-0.25, -0.2) is 4.79 Å². The minimum Gasteiger partial charge on any atom is -0.493 e. The summed E-state index contributed by atoms with van der Waals surface area (Å²) < 4.78 is 16.4. The van der Waals surface area contributed by atoms with Crippen molar-refractivity contribution >= 4 is 12.0 Å². The van der Waals surface area contributed by atoms with Crippen LogP contribution in [0.5, 0.6) is 11.5 Å². The number of methoxy groups -OCH3 is 1. The predicted molar refractivity (Wildman–Crippen MR) is 113 cm³/mol. The Morgan fingerprint density at radius 1 is 1.00 bits per heavy atom. The first kappa shape index (κ1) is 19.3. The van der Waals surface area contributed by atoms with Crippen LogP contribution in [0.4, 0.5) is 0 Å². The summed E-state index contributed by atoms with van der Waals surface area (Å²) in [4.78, 5) is 12.6. The summed E-state index contributed by atoms with van der Waals surface area (Å²) >= 11 is 0. The molecule has 4 rings (SSSR count). The lowest BCUT2D eigenvalue weighted by molar-refractivity contribution is -0.141. The van der Waals surface area contributed by atoms with Crippen LogP contribution in [0.2, 0.25) is 0 Å². The Bertz CT molecular complexity index is 1110. The molecular weight excluding hydrogens is 378 g/mol. The zero-order chi connectivity index (χ0) is 20.9. The van der Waals surface area contributed by atoms with Gasteiger partial charge in [-0.15, -0.1) is 0 Å². The normalized spacial score (nSPS) is 12.1. The van der Waals surface area contributed by atoms with Crippen molar-refractivity contribution in [2.24, 2.45) is 0 Å². The van der Waals surface area contributed by atoms with E-state index in [1.165, 1.54) is 13.2 Å². The maximum Gasteiger partial charge on any atom is 0.331 e. The highest BCUT2D eigenvalue weighted by atomic mass is 16.5. The summed E-state index contributed by atoms with van der Waals surface area (Å²) in [5.74, 6) is 0.521. The van der Waals surface area contributed by atoms with Crippen LogP contribution >= 0.6 is 0 Å². The number of nitrogens with zero attached hydrogens (tertiary/aromatic N) is 1. The number of fused-ring (bicyclic) bond motifs is 3. The number of hydrogen-bond donors (Lipinski definition) is 0. The number of esters is 1. The molecule has 0 heterocycles. The number of carbonyl (C=O) groups excluding carboxylic acids is 1. The largest absolute Gasteiger partial charge is 0.493 e. The Balaban J connectivity index is 1.52. The molecule has 0 amide bonds. The molecule has 3 aromatic carbocycles. The third kappa shape index (κ3) is 3.76. The van der Waals surface area contributed by atoms with Gasteiger partial charge in [0.15, 0.2) is 24.2 Å². The van der Waals surface area contributed by atoms with Crippen molar-refractivity contribution in [2.75, 3.05) is 13.7 Å². The highest BCUT2D eigenvalue weighted by molar-refractivity contribution is 5.88. The summed E-state index contributed by atoms with van der Waals surface area (Å²) in [5.41, 5.74) is 4.91. The first-order valence-corrected chi connectivity index (χ1v) is 9.46. The second-order valence-corrected chi connectivity index (χ2v) is 6.68. The van der Waals surface area contributed by atoms with Gasteiger partial charge < -0.3 is 14.2 Å². The molecule has 148 valence electrons. The molecule has 0 fully saturated rings. The van der Waals surface area contributed by atoms with Gasteiger partial charge in [0.25, 0.3) is 0 Å². The van der Waals surface area contributed by atoms with Gasteiger partial charge in [0.05, 0.1) is 7.11 Å². The molecule has 0 bridgehead atoms. The molecule has 1 aliphatic carbocycles. The van der Waals surface area contributed by atoms with Crippen LogP contribution < -0.4 is 9.47 Å². The molecule has 1 aliphatic rings. The summed E-state index contributed by atoms with van der Waals surface area (Å²) in [6.45, 7) is -0.0673. The molecule has 30 heavy (non-hydrogen) atoms. The van der Waals surface area contributed by atoms with E-state index in [4.69, 9.17) is 19.5 Å². The van der Waals surface area contributed by atoms with E-state index in [9.17, 15) is 4.79 Å². The van der Waals surface area contributed by atoms with Crippen molar-refractivity contribution in [3.63, 3.8) is 0 Å². The van der Waals surface area contributed by atoms with Gasteiger partial charge >= 0.3 is 5.97 Å². The quantitative estimate of drug-likeness (QED) is 0.436. The van der Waals surface area contributed by atoms with E-state index in [1.807, 2.05) is 54.6 Å². The Morgan fingerprint density at radius 3 is 2.30 bits per heavy atom. The minimum absolute atomic E-state index is 0.0673. The van der Waals surface area contributed by atoms with Crippen molar-refractivity contribution in [1.29, 1.82) is 5.26 Å². The minimum atomic E-state index is -0.435. The third-order valence-electron chi connectivity index (χ3n) is 4.90. The van der Waals surface area contributed by atoms with E-state index >= 15 is 0 Å². The Morgan fingerprint density at radius 2 is 1.67 bits per heavy atom. The molecule has 0 spiro atoms. The summed E-state index contributed by atoms with van der Waals surface area (Å²) in [6.07, 6.45) is 2.63. The van der Waals surface area contributed by atoms with Gasteiger partial charge in [-0.2, -0.15) is 5.26 Å². The second-order valence-electron chi connectivity index (χ2n) is 6.68. The van der Waals surface area contributed by atoms with Crippen molar-refractivity contribution < 1.29 is 19.0 Å². The summed E-state index contributed by atoms with van der Waals surface area (Å²) in [7, 11) is 1.52. The first-order chi connectivity index (χ1) is 14.7. The molecule has 0 N–H and O–H groups in total. The zero-order valence-electron chi connectivity index (χ0n) is 16.4. The van der Waals surface area contributed by atoms with E-state index < -0.39 is 12.1 Å². The lowest BCUT2D eigenvalue weighted by atomic mass is 10.1. The van der Waals surface area contributed by atoms with Crippen LogP contribution in [-0.4, -0.2) is 19.7 Å². The van der Waals surface area contributed by atoms with Crippen LogP contribution in [-0.2, 0) is 9.53 Å². The number of rotatable bonds is 6. The number of nitriles is 1. The fourth-order valence-corrected chi connectivity index (χ4v) is 3.57. The number of hydrogen-bond acceptors (Lipinski definition) is 5. The first-order valence-electron chi connectivity index (χ1n) is 9.46. The van der Waals surface area contributed by atoms with E-state index in [0.29, 0.717) is 11.5 Å². The topological polar surface area (TPSA) is 68.6 Å². The van der Waals surface area contributed by atoms with Gasteiger partial charge in [-0.05, 0) is 34.9 Å². The van der Waals surface area contributed by atoms with E-state index in [2.05, 4.69) is 0 Å². The third-order valence-corrected chi connectivity index (χ3v) is 4.90. The van der Waals surface area contributed by atoms with Gasteiger partial charge in [0.2, 0.25) is 0 Å². The summed E-state index contributed by atoms with van der Waals surface area (Å²) in [6, 6.07) is 23.0. The molecule has 5 nitrogen and oxygen atoms in total. The molecule has 0 unspecified atom stereocenters. The Kier molecular flexibility index (Phi) is 5.49. The SMILES string of the molecule is COc1cc(/C=C/C(=O)OC2c3ccccc3-c3ccccc32)ccc1OCC#N. The van der Waals surface area contributed by atoms with Crippen LogP contribution in [0.15, 0.2) is 72.8 Å². The van der Waals surface area contributed by atoms with Crippen LogP contribution in [0.25, 0.3) is 17.2 Å². The standard InChI is InChI=1S/C25H19NO4/c1-28-23-16-17(10-12-22(23)29-15-14-26)11-13-24(27)30-25-20-8-4-2-6-18(20)19-7-3-5-9-21(19)25/h2-13,16,25H,15H2,1H3/b13-11+. The lowest BCUT2D eigenvalue weighted by Gasteiger charge is -2.13. The van der Waals surface area contributed by atoms with E-state index in [0.717, 1.165) is 27.8 Å². The highest BCUT2D eigenvalue weighted by Crippen LogP contribution is 2.45. The predicted octanol–water partition coefficient (Wildman–Crippen LogP) is 4.92. The lowest BCUT2D eigenvalue weighted by Crippen LogP contribution is -2.08. The second kappa shape index (κ2) is 8.54. The average molecular weight is 397 g/mol. The van der Waals surface area contributed by atoms with Crippen molar-refractivity contribution in [3.8, 4) is 28.7 Å². The molecule has 0 aliphatic heterocycles. The zero-order valence-corrected chi connectivity index (χ0v) is 16.4. The molecule has 0 atom stereocenters. The molecule has 0 saturated heterocycles. The van der Waals surface area contributed by atoms with Gasteiger partial charge in [0, 0.05) is 17.2 Å². The average Bonchev–Trinajstić information content (AvgIpc) is 3.10. The van der Waals surface area contributed by atoms with Crippen molar-refractivity contribution in [2.45, 2.75) is 6.10 Å². The monoisotopic (exact) mass is 397 g/mol. The highest BCUT2D eigenvalue weighted by Gasteiger charge is 2.30. The van der Waals surface area contributed by atoms with Crippen molar-refractivity contribution in [1.82, 2.24) is 0 Å². The number of carbonyl (C=O) groups is 1. The molecule has 3 aromatic rings. The fraction of sp³-hybridized carbons (Fsp3) is 0.120.